The number of hydrogen-bond acceptors (Lipinski definition) is 6. The smallest absolute Gasteiger partial charge is 0.259 e. The molecule has 2 N–H and O–H groups in total. The Labute approximate surface area is 217 Å². The van der Waals surface area contributed by atoms with Crippen LogP contribution in [0, 0.1) is 0 Å². The van der Waals surface area contributed by atoms with E-state index in [1.165, 1.54) is 6.42 Å². The van der Waals surface area contributed by atoms with Crippen molar-refractivity contribution in [1.29, 1.82) is 0 Å². The standard InChI is InChI=1S/C28H36N6O3/c1-3-34-26-23(18-30-34)25(31-20-12-14-37-15-13-20)24(17-29-26)27(35)32-21-9-7-8-19(16-21)28(36)33(2)22-10-5-4-6-11-22/h7-9,16-18,20,22H,3-6,10-15H2,1-2H3,(H,29,31)(H,32,35). The van der Waals surface area contributed by atoms with Gasteiger partial charge in [0.15, 0.2) is 5.65 Å². The van der Waals surface area contributed by atoms with Crippen molar-refractivity contribution >= 4 is 34.2 Å². The number of nitrogens with zero attached hydrogens (tertiary/aromatic N) is 4. The van der Waals surface area contributed by atoms with Gasteiger partial charge in [-0.1, -0.05) is 25.3 Å². The lowest BCUT2D eigenvalue weighted by Crippen LogP contribution is -2.38. The monoisotopic (exact) mass is 504 g/mol. The molecule has 1 saturated carbocycles. The first-order valence-corrected chi connectivity index (χ1v) is 13.4. The lowest BCUT2D eigenvalue weighted by Gasteiger charge is -2.31. The zero-order valence-electron chi connectivity index (χ0n) is 21.7. The Morgan fingerprint density at radius 1 is 1.11 bits per heavy atom. The van der Waals surface area contributed by atoms with Crippen molar-refractivity contribution in [1.82, 2.24) is 19.7 Å². The summed E-state index contributed by atoms with van der Waals surface area (Å²) in [6, 6.07) is 7.66. The highest BCUT2D eigenvalue weighted by molar-refractivity contribution is 6.12. The first-order valence-electron chi connectivity index (χ1n) is 13.4. The fourth-order valence-electron chi connectivity index (χ4n) is 5.40. The third-order valence-electron chi connectivity index (χ3n) is 7.59. The number of aromatic nitrogens is 3. The van der Waals surface area contributed by atoms with Gasteiger partial charge in [-0.25, -0.2) is 9.67 Å². The summed E-state index contributed by atoms with van der Waals surface area (Å²) in [5.41, 5.74) is 3.08. The fraction of sp³-hybridized carbons (Fsp3) is 0.500. The number of nitrogens with one attached hydrogen (secondary N) is 2. The van der Waals surface area contributed by atoms with Gasteiger partial charge in [0.2, 0.25) is 0 Å². The summed E-state index contributed by atoms with van der Waals surface area (Å²) >= 11 is 0. The summed E-state index contributed by atoms with van der Waals surface area (Å²) < 4.78 is 7.33. The van der Waals surface area contributed by atoms with Crippen molar-refractivity contribution in [3.63, 3.8) is 0 Å². The summed E-state index contributed by atoms with van der Waals surface area (Å²) in [7, 11) is 1.88. The summed E-state index contributed by atoms with van der Waals surface area (Å²) in [6.45, 7) is 4.09. The third-order valence-corrected chi connectivity index (χ3v) is 7.59. The van der Waals surface area contributed by atoms with Gasteiger partial charge in [0.25, 0.3) is 11.8 Å². The molecule has 9 heteroatoms. The van der Waals surface area contributed by atoms with Gasteiger partial charge in [-0.05, 0) is 50.8 Å². The summed E-state index contributed by atoms with van der Waals surface area (Å²) in [5.74, 6) is -0.293. The van der Waals surface area contributed by atoms with Gasteiger partial charge >= 0.3 is 0 Å². The Bertz CT molecular complexity index is 1260. The van der Waals surface area contributed by atoms with Crippen LogP contribution in [-0.2, 0) is 11.3 Å². The second kappa shape index (κ2) is 11.3. The highest BCUT2D eigenvalue weighted by Gasteiger charge is 2.25. The minimum atomic E-state index is -0.279. The summed E-state index contributed by atoms with van der Waals surface area (Å²) in [4.78, 5) is 33.1. The van der Waals surface area contributed by atoms with E-state index in [0.29, 0.717) is 36.6 Å². The van der Waals surface area contributed by atoms with Gasteiger partial charge in [-0.15, -0.1) is 0 Å². The lowest BCUT2D eigenvalue weighted by atomic mass is 9.94. The number of anilines is 2. The van der Waals surface area contributed by atoms with Crippen molar-refractivity contribution in [2.24, 2.45) is 0 Å². The van der Waals surface area contributed by atoms with Crippen LogP contribution < -0.4 is 10.6 Å². The number of ether oxygens (including phenoxy) is 1. The Kier molecular flexibility index (Phi) is 7.69. The molecule has 1 aliphatic heterocycles. The molecule has 1 aliphatic carbocycles. The number of carbonyl (C=O) groups excluding carboxylic acids is 2. The molecule has 196 valence electrons. The molecule has 3 aromatic rings. The molecule has 5 rings (SSSR count). The Hall–Kier alpha value is -3.46. The second-order valence-electron chi connectivity index (χ2n) is 10.0. The van der Waals surface area contributed by atoms with E-state index in [4.69, 9.17) is 4.74 Å². The van der Waals surface area contributed by atoms with Crippen LogP contribution in [0.1, 0.15) is 72.6 Å². The van der Waals surface area contributed by atoms with Gasteiger partial charge in [0.05, 0.1) is 22.8 Å². The maximum absolute atomic E-state index is 13.5. The molecular formula is C28H36N6O3. The molecule has 9 nitrogen and oxygen atoms in total. The molecule has 1 saturated heterocycles. The van der Waals surface area contributed by atoms with E-state index in [1.807, 2.05) is 41.8 Å². The van der Waals surface area contributed by atoms with Crippen molar-refractivity contribution in [3.05, 3.63) is 47.8 Å². The number of benzene rings is 1. The maximum Gasteiger partial charge on any atom is 0.259 e. The van der Waals surface area contributed by atoms with Gasteiger partial charge in [0.1, 0.15) is 0 Å². The average Bonchev–Trinajstić information content (AvgIpc) is 3.37. The molecule has 2 amide bonds. The van der Waals surface area contributed by atoms with Crippen LogP contribution in [0.3, 0.4) is 0 Å². The van der Waals surface area contributed by atoms with E-state index >= 15 is 0 Å². The largest absolute Gasteiger partial charge is 0.381 e. The van der Waals surface area contributed by atoms with Crippen LogP contribution in [0.15, 0.2) is 36.7 Å². The molecule has 2 aliphatic rings. The van der Waals surface area contributed by atoms with Gasteiger partial charge in [0, 0.05) is 56.3 Å². The Morgan fingerprint density at radius 3 is 2.65 bits per heavy atom. The molecule has 2 aromatic heterocycles. The normalized spacial score (nSPS) is 17.0. The van der Waals surface area contributed by atoms with Crippen LogP contribution in [-0.4, -0.2) is 63.8 Å². The molecule has 0 spiro atoms. The van der Waals surface area contributed by atoms with E-state index in [-0.39, 0.29) is 23.9 Å². The van der Waals surface area contributed by atoms with Crippen molar-refractivity contribution in [2.75, 3.05) is 30.9 Å². The minimum absolute atomic E-state index is 0.0139. The van der Waals surface area contributed by atoms with Crippen molar-refractivity contribution in [3.8, 4) is 0 Å². The predicted octanol–water partition coefficient (Wildman–Crippen LogP) is 4.70. The van der Waals surface area contributed by atoms with E-state index in [2.05, 4.69) is 20.7 Å². The number of aryl methyl sites for hydroxylation is 1. The van der Waals surface area contributed by atoms with Gasteiger partial charge in [-0.3, -0.25) is 9.59 Å². The number of fused-ring (bicyclic) bond motifs is 1. The molecule has 3 heterocycles. The van der Waals surface area contributed by atoms with Crippen molar-refractivity contribution < 1.29 is 14.3 Å². The molecule has 0 atom stereocenters. The molecule has 2 fully saturated rings. The van der Waals surface area contributed by atoms with E-state index in [9.17, 15) is 9.59 Å². The molecular weight excluding hydrogens is 468 g/mol. The fourth-order valence-corrected chi connectivity index (χ4v) is 5.40. The number of rotatable bonds is 7. The van der Waals surface area contributed by atoms with Crippen LogP contribution in [0.5, 0.6) is 0 Å². The first kappa shape index (κ1) is 25.2. The zero-order chi connectivity index (χ0) is 25.8. The molecule has 37 heavy (non-hydrogen) atoms. The van der Waals surface area contributed by atoms with Crippen LogP contribution in [0.4, 0.5) is 11.4 Å². The van der Waals surface area contributed by atoms with E-state index in [1.54, 1.807) is 18.5 Å². The predicted molar refractivity (Wildman–Crippen MR) is 144 cm³/mol. The number of hydrogen-bond donors (Lipinski definition) is 2. The summed E-state index contributed by atoms with van der Waals surface area (Å²) in [6.07, 6.45) is 10.8. The lowest BCUT2D eigenvalue weighted by molar-refractivity contribution is 0.0696. The van der Waals surface area contributed by atoms with Crippen LogP contribution >= 0.6 is 0 Å². The highest BCUT2D eigenvalue weighted by Crippen LogP contribution is 2.29. The van der Waals surface area contributed by atoms with E-state index in [0.717, 1.165) is 55.2 Å². The Morgan fingerprint density at radius 2 is 1.89 bits per heavy atom. The molecule has 0 radical (unpaired) electrons. The molecule has 0 unspecified atom stereocenters. The van der Waals surface area contributed by atoms with Crippen LogP contribution in [0.25, 0.3) is 11.0 Å². The minimum Gasteiger partial charge on any atom is -0.381 e. The number of pyridine rings is 1. The Balaban J connectivity index is 1.39. The molecule has 0 bridgehead atoms. The van der Waals surface area contributed by atoms with Crippen LogP contribution in [0.2, 0.25) is 0 Å². The SMILES string of the molecule is CCn1ncc2c(NC3CCOCC3)c(C(=O)Nc3cccc(C(=O)N(C)C4CCCCC4)c3)cnc21. The number of amides is 2. The molecule has 1 aromatic carbocycles. The number of carbonyl (C=O) groups is 2. The van der Waals surface area contributed by atoms with Crippen molar-refractivity contribution in [2.45, 2.75) is 70.5 Å². The second-order valence-corrected chi connectivity index (χ2v) is 10.0. The average molecular weight is 505 g/mol. The quantitative estimate of drug-likeness (QED) is 0.484. The highest BCUT2D eigenvalue weighted by atomic mass is 16.5. The van der Waals surface area contributed by atoms with Gasteiger partial charge < -0.3 is 20.3 Å². The van der Waals surface area contributed by atoms with E-state index < -0.39 is 0 Å². The van der Waals surface area contributed by atoms with Gasteiger partial charge in [-0.2, -0.15) is 5.10 Å². The zero-order valence-corrected chi connectivity index (χ0v) is 21.7. The summed E-state index contributed by atoms with van der Waals surface area (Å²) in [5, 5.41) is 11.8. The first-order chi connectivity index (χ1) is 18.0. The topological polar surface area (TPSA) is 101 Å². The maximum atomic E-state index is 13.5. The third kappa shape index (κ3) is 5.46.